The summed E-state index contributed by atoms with van der Waals surface area (Å²) in [5.41, 5.74) is -0.443. The van der Waals surface area contributed by atoms with Crippen molar-refractivity contribution in [2.45, 2.75) is 77.1 Å². The van der Waals surface area contributed by atoms with Crippen LogP contribution >= 0.6 is 0 Å². The van der Waals surface area contributed by atoms with Gasteiger partial charge in [0.25, 0.3) is 0 Å². The molecule has 1 saturated carbocycles. The number of alkyl carbamates (subject to hydrolysis) is 1. The maximum absolute atomic E-state index is 11.7. The zero-order valence-corrected chi connectivity index (χ0v) is 12.5. The third-order valence-corrected chi connectivity index (χ3v) is 3.10. The summed E-state index contributed by atoms with van der Waals surface area (Å²) in [5, 5.41) is 6.43. The number of rotatable bonds is 4. The summed E-state index contributed by atoms with van der Waals surface area (Å²) in [6.07, 6.45) is 8.69. The molecular weight excluding hydrogens is 240 g/mol. The molecule has 19 heavy (non-hydrogen) atoms. The quantitative estimate of drug-likeness (QED) is 0.768. The van der Waals surface area contributed by atoms with Crippen LogP contribution in [0.1, 0.15) is 53.4 Å². The molecule has 0 aliphatic heterocycles. The van der Waals surface area contributed by atoms with Gasteiger partial charge in [-0.3, -0.25) is 0 Å². The van der Waals surface area contributed by atoms with Crippen LogP contribution in [0, 0.1) is 12.3 Å². The summed E-state index contributed by atoms with van der Waals surface area (Å²) < 4.78 is 5.26. The Morgan fingerprint density at radius 2 is 2.05 bits per heavy atom. The first-order chi connectivity index (χ1) is 8.80. The van der Waals surface area contributed by atoms with Gasteiger partial charge in [0.15, 0.2) is 0 Å². The maximum atomic E-state index is 11.7. The molecule has 0 spiro atoms. The summed E-state index contributed by atoms with van der Waals surface area (Å²) in [5.74, 6) is 2.66. The monoisotopic (exact) mass is 266 g/mol. The van der Waals surface area contributed by atoms with Crippen LogP contribution in [-0.2, 0) is 4.74 Å². The van der Waals surface area contributed by atoms with Crippen molar-refractivity contribution in [2.75, 3.05) is 0 Å². The van der Waals surface area contributed by atoms with E-state index in [-0.39, 0.29) is 12.1 Å². The Morgan fingerprint density at radius 3 is 2.63 bits per heavy atom. The second-order valence-corrected chi connectivity index (χ2v) is 6.33. The fourth-order valence-electron chi connectivity index (χ4n) is 2.38. The van der Waals surface area contributed by atoms with Crippen molar-refractivity contribution in [3.05, 3.63) is 0 Å². The van der Waals surface area contributed by atoms with E-state index in [1.54, 1.807) is 0 Å². The molecule has 0 aromatic heterocycles. The van der Waals surface area contributed by atoms with Gasteiger partial charge in [-0.2, -0.15) is 0 Å². The highest BCUT2D eigenvalue weighted by Gasteiger charge is 2.28. The van der Waals surface area contributed by atoms with Gasteiger partial charge in [-0.1, -0.05) is 0 Å². The van der Waals surface area contributed by atoms with Crippen molar-refractivity contribution >= 4 is 6.09 Å². The van der Waals surface area contributed by atoms with Crippen molar-refractivity contribution < 1.29 is 9.53 Å². The summed E-state index contributed by atoms with van der Waals surface area (Å²) in [7, 11) is 0. The second-order valence-electron chi connectivity index (χ2n) is 6.33. The molecule has 0 aromatic rings. The Kier molecular flexibility index (Phi) is 5.68. The van der Waals surface area contributed by atoms with Crippen molar-refractivity contribution in [3.63, 3.8) is 0 Å². The van der Waals surface area contributed by atoms with Gasteiger partial charge in [0.05, 0.1) is 0 Å². The maximum Gasteiger partial charge on any atom is 0.407 e. The van der Waals surface area contributed by atoms with E-state index in [2.05, 4.69) is 23.5 Å². The molecule has 1 aliphatic rings. The molecule has 4 nitrogen and oxygen atoms in total. The van der Waals surface area contributed by atoms with Crippen LogP contribution in [-0.4, -0.2) is 29.8 Å². The number of nitrogens with one attached hydrogen (secondary N) is 2. The van der Waals surface area contributed by atoms with E-state index in [0.29, 0.717) is 12.1 Å². The first-order valence-corrected chi connectivity index (χ1v) is 6.99. The largest absolute Gasteiger partial charge is 0.444 e. The van der Waals surface area contributed by atoms with E-state index in [0.717, 1.165) is 25.7 Å². The minimum atomic E-state index is -0.443. The predicted molar refractivity (Wildman–Crippen MR) is 76.8 cm³/mol. The van der Waals surface area contributed by atoms with Gasteiger partial charge >= 0.3 is 6.09 Å². The van der Waals surface area contributed by atoms with Gasteiger partial charge in [-0.25, -0.2) is 4.79 Å². The third kappa shape index (κ3) is 6.49. The zero-order valence-electron chi connectivity index (χ0n) is 12.5. The first-order valence-electron chi connectivity index (χ1n) is 6.99. The summed E-state index contributed by atoms with van der Waals surface area (Å²) in [6, 6.07) is 0.962. The molecule has 3 atom stereocenters. The Bertz CT molecular complexity index is 341. The average Bonchev–Trinajstić information content (AvgIpc) is 2.62. The average molecular weight is 266 g/mol. The lowest BCUT2D eigenvalue weighted by atomic mass is 10.1. The zero-order chi connectivity index (χ0) is 14.5. The highest BCUT2D eigenvalue weighted by molar-refractivity contribution is 5.68. The lowest BCUT2D eigenvalue weighted by Crippen LogP contribution is -2.40. The van der Waals surface area contributed by atoms with Crippen molar-refractivity contribution in [1.29, 1.82) is 0 Å². The van der Waals surface area contributed by atoms with Crippen molar-refractivity contribution in [2.24, 2.45) is 0 Å². The van der Waals surface area contributed by atoms with E-state index >= 15 is 0 Å². The lowest BCUT2D eigenvalue weighted by molar-refractivity contribution is 0.0505. The molecule has 3 unspecified atom stereocenters. The fraction of sp³-hybridized carbons (Fsp3) is 0.800. The smallest absolute Gasteiger partial charge is 0.407 e. The minimum absolute atomic E-state index is 0.199. The molecule has 0 aromatic carbocycles. The van der Waals surface area contributed by atoms with Crippen LogP contribution < -0.4 is 10.6 Å². The topological polar surface area (TPSA) is 50.4 Å². The van der Waals surface area contributed by atoms with Gasteiger partial charge in [-0.15, -0.1) is 12.3 Å². The van der Waals surface area contributed by atoms with Crippen LogP contribution in [0.3, 0.4) is 0 Å². The molecular formula is C15H26N2O2. The normalized spacial score (nSPS) is 24.6. The van der Waals surface area contributed by atoms with Gasteiger partial charge < -0.3 is 15.4 Å². The summed E-state index contributed by atoms with van der Waals surface area (Å²) in [4.78, 5) is 11.7. The fourth-order valence-corrected chi connectivity index (χ4v) is 2.38. The van der Waals surface area contributed by atoms with Crippen LogP contribution in [0.15, 0.2) is 0 Å². The molecule has 108 valence electrons. The number of ether oxygens (including phenoxy) is 1. The van der Waals surface area contributed by atoms with Gasteiger partial charge in [0, 0.05) is 24.5 Å². The molecule has 1 fully saturated rings. The number of terminal acetylenes is 1. The third-order valence-electron chi connectivity index (χ3n) is 3.10. The molecule has 0 radical (unpaired) electrons. The molecule has 4 heteroatoms. The molecule has 0 heterocycles. The highest BCUT2D eigenvalue weighted by Crippen LogP contribution is 2.20. The Morgan fingerprint density at radius 1 is 1.42 bits per heavy atom. The molecule has 0 bridgehead atoms. The van der Waals surface area contributed by atoms with Crippen molar-refractivity contribution in [3.8, 4) is 12.3 Å². The molecule has 1 amide bonds. The lowest BCUT2D eigenvalue weighted by Gasteiger charge is -2.22. The van der Waals surface area contributed by atoms with Gasteiger partial charge in [-0.05, 0) is 47.0 Å². The standard InChI is InChI=1S/C15H26N2O2/c1-6-7-11(2)16-12-8-9-13(10-12)17-14(18)19-15(3,4)5/h1,11-13,16H,7-10H2,2-5H3,(H,17,18). The van der Waals surface area contributed by atoms with E-state index in [9.17, 15) is 4.79 Å². The van der Waals surface area contributed by atoms with Gasteiger partial charge in [0.2, 0.25) is 0 Å². The highest BCUT2D eigenvalue weighted by atomic mass is 16.6. The minimum Gasteiger partial charge on any atom is -0.444 e. The molecule has 2 N–H and O–H groups in total. The van der Waals surface area contributed by atoms with Crippen LogP contribution in [0.2, 0.25) is 0 Å². The Balaban J connectivity index is 2.29. The first kappa shape index (κ1) is 15.8. The Hall–Kier alpha value is -1.21. The summed E-state index contributed by atoms with van der Waals surface area (Å²) >= 11 is 0. The van der Waals surface area contributed by atoms with Crippen LogP contribution in [0.5, 0.6) is 0 Å². The number of carbonyl (C=O) groups excluding carboxylic acids is 1. The van der Waals surface area contributed by atoms with E-state index in [4.69, 9.17) is 11.2 Å². The second kappa shape index (κ2) is 6.81. The number of hydrogen-bond acceptors (Lipinski definition) is 3. The SMILES string of the molecule is C#CCC(C)NC1CCC(NC(=O)OC(C)(C)C)C1. The van der Waals surface area contributed by atoms with Gasteiger partial charge in [0.1, 0.15) is 5.60 Å². The van der Waals surface area contributed by atoms with E-state index < -0.39 is 5.60 Å². The van der Waals surface area contributed by atoms with Crippen LogP contribution in [0.25, 0.3) is 0 Å². The van der Waals surface area contributed by atoms with Crippen LogP contribution in [0.4, 0.5) is 4.79 Å². The van der Waals surface area contributed by atoms with E-state index in [1.807, 2.05) is 20.8 Å². The summed E-state index contributed by atoms with van der Waals surface area (Å²) in [6.45, 7) is 7.70. The predicted octanol–water partition coefficient (Wildman–Crippen LogP) is 2.43. The number of amides is 1. The van der Waals surface area contributed by atoms with Crippen molar-refractivity contribution in [1.82, 2.24) is 10.6 Å². The molecule has 0 saturated heterocycles. The van der Waals surface area contributed by atoms with E-state index in [1.165, 1.54) is 0 Å². The molecule has 1 rings (SSSR count). The molecule has 1 aliphatic carbocycles. The number of carbonyl (C=O) groups is 1. The number of hydrogen-bond donors (Lipinski definition) is 2. The Labute approximate surface area is 116 Å².